The van der Waals surface area contributed by atoms with Crippen LogP contribution in [0.5, 0.6) is 0 Å². The van der Waals surface area contributed by atoms with Crippen LogP contribution in [0.15, 0.2) is 16.6 Å². The lowest BCUT2D eigenvalue weighted by Crippen LogP contribution is -1.58. The van der Waals surface area contributed by atoms with Gasteiger partial charge in [-0.25, -0.2) is 0 Å². The maximum Gasteiger partial charge on any atom is 0.0707 e. The van der Waals surface area contributed by atoms with Crippen molar-refractivity contribution in [2.45, 2.75) is 0 Å². The Kier molecular flexibility index (Phi) is 1.65. The van der Waals surface area contributed by atoms with Gasteiger partial charge in [0, 0.05) is 11.6 Å². The lowest BCUT2D eigenvalue weighted by Gasteiger charge is -1.86. The SMILES string of the molecule is C1=CSSC=N1. The average Bonchev–Trinajstić information content (AvgIpc) is 1.72. The highest BCUT2D eigenvalue weighted by Crippen LogP contribution is 2.22. The number of aliphatic imine (C=N–C) groups is 1. The van der Waals surface area contributed by atoms with E-state index in [2.05, 4.69) is 4.99 Å². The Morgan fingerprint density at radius 1 is 1.33 bits per heavy atom. The number of hydrogen-bond acceptors (Lipinski definition) is 3. The molecule has 0 spiro atoms. The zero-order valence-corrected chi connectivity index (χ0v) is 4.63. The zero-order valence-electron chi connectivity index (χ0n) is 3.00. The largest absolute Gasteiger partial charge is 0.256 e. The molecule has 32 valence electrons. The van der Waals surface area contributed by atoms with Gasteiger partial charge in [0.1, 0.15) is 0 Å². The van der Waals surface area contributed by atoms with E-state index in [-0.39, 0.29) is 0 Å². The summed E-state index contributed by atoms with van der Waals surface area (Å²) in [5.74, 6) is 0. The summed E-state index contributed by atoms with van der Waals surface area (Å²) in [4.78, 5) is 3.81. The van der Waals surface area contributed by atoms with Gasteiger partial charge >= 0.3 is 0 Å². The summed E-state index contributed by atoms with van der Waals surface area (Å²) in [6, 6.07) is 0. The highest BCUT2D eigenvalue weighted by Gasteiger charge is 1.79. The molecule has 0 amide bonds. The minimum atomic E-state index is 1.63. The van der Waals surface area contributed by atoms with E-state index in [1.807, 2.05) is 11.0 Å². The smallest absolute Gasteiger partial charge is 0.0707 e. The van der Waals surface area contributed by atoms with Gasteiger partial charge in [0.05, 0.1) is 5.55 Å². The van der Waals surface area contributed by atoms with Crippen molar-refractivity contribution in [2.75, 3.05) is 0 Å². The standard InChI is InChI=1S/C3H3NS2/c1-2-5-6-3-4-1/h1-3H. The fraction of sp³-hybridized carbons (Fsp3) is 0. The van der Waals surface area contributed by atoms with Gasteiger partial charge < -0.3 is 0 Å². The minimum absolute atomic E-state index is 1.63. The first-order chi connectivity index (χ1) is 3.00. The molecule has 3 heteroatoms. The predicted molar refractivity (Wildman–Crippen MR) is 32.8 cm³/mol. The van der Waals surface area contributed by atoms with Crippen LogP contribution < -0.4 is 0 Å². The third-order valence-corrected chi connectivity index (χ3v) is 1.84. The average molecular weight is 117 g/mol. The lowest BCUT2D eigenvalue weighted by molar-refractivity contribution is 1.64. The molecule has 0 radical (unpaired) electrons. The number of hydrogen-bond donors (Lipinski definition) is 0. The summed E-state index contributed by atoms with van der Waals surface area (Å²) in [5.41, 5.74) is 1.81. The minimum Gasteiger partial charge on any atom is -0.256 e. The molecule has 1 rings (SSSR count). The second-order valence-corrected chi connectivity index (χ2v) is 2.75. The first-order valence-corrected chi connectivity index (χ1v) is 3.76. The molecule has 0 aromatic carbocycles. The van der Waals surface area contributed by atoms with Gasteiger partial charge in [-0.2, -0.15) is 0 Å². The zero-order chi connectivity index (χ0) is 4.24. The van der Waals surface area contributed by atoms with Crippen LogP contribution in [0.2, 0.25) is 0 Å². The van der Waals surface area contributed by atoms with E-state index in [4.69, 9.17) is 0 Å². The van der Waals surface area contributed by atoms with Gasteiger partial charge in [-0.1, -0.05) is 10.8 Å². The molecule has 0 N–H and O–H groups in total. The highest BCUT2D eigenvalue weighted by molar-refractivity contribution is 8.82. The van der Waals surface area contributed by atoms with E-state index < -0.39 is 0 Å². The predicted octanol–water partition coefficient (Wildman–Crippen LogP) is 1.88. The Labute approximate surface area is 44.3 Å². The van der Waals surface area contributed by atoms with Crippen LogP contribution in [0.1, 0.15) is 0 Å². The summed E-state index contributed by atoms with van der Waals surface area (Å²) >= 11 is 0. The molecule has 0 fully saturated rings. The molecule has 6 heavy (non-hydrogen) atoms. The topological polar surface area (TPSA) is 12.4 Å². The molecule has 1 aliphatic heterocycles. The molecule has 0 aromatic rings. The van der Waals surface area contributed by atoms with E-state index >= 15 is 0 Å². The molecule has 0 unspecified atom stereocenters. The van der Waals surface area contributed by atoms with Gasteiger partial charge in [-0.05, 0) is 10.8 Å². The lowest BCUT2D eigenvalue weighted by atomic mass is 11.0. The molecular weight excluding hydrogens is 114 g/mol. The van der Waals surface area contributed by atoms with Crippen LogP contribution in [0, 0.1) is 0 Å². The summed E-state index contributed by atoms with van der Waals surface area (Å²) < 4.78 is 0. The number of nitrogens with zero attached hydrogens (tertiary/aromatic N) is 1. The summed E-state index contributed by atoms with van der Waals surface area (Å²) in [5, 5.41) is 1.95. The second-order valence-electron chi connectivity index (χ2n) is 0.732. The number of rotatable bonds is 0. The maximum atomic E-state index is 3.81. The third-order valence-electron chi connectivity index (χ3n) is 0.362. The van der Waals surface area contributed by atoms with Gasteiger partial charge in [0.15, 0.2) is 0 Å². The Morgan fingerprint density at radius 3 is 2.50 bits per heavy atom. The van der Waals surface area contributed by atoms with E-state index in [9.17, 15) is 0 Å². The van der Waals surface area contributed by atoms with Crippen molar-refractivity contribution < 1.29 is 0 Å². The van der Waals surface area contributed by atoms with Crippen LogP contribution in [0.25, 0.3) is 0 Å². The first-order valence-electron chi connectivity index (χ1n) is 1.49. The van der Waals surface area contributed by atoms with Crippen LogP contribution in [-0.2, 0) is 0 Å². The molecule has 1 aliphatic rings. The molecule has 0 saturated heterocycles. The molecule has 1 nitrogen and oxygen atoms in total. The summed E-state index contributed by atoms with van der Waals surface area (Å²) in [7, 11) is 3.31. The van der Waals surface area contributed by atoms with Crippen molar-refractivity contribution in [1.29, 1.82) is 0 Å². The fourth-order valence-corrected chi connectivity index (χ4v) is 1.17. The summed E-state index contributed by atoms with van der Waals surface area (Å²) in [6.45, 7) is 0. The molecular formula is C3H3NS2. The van der Waals surface area contributed by atoms with E-state index in [0.717, 1.165) is 0 Å². The van der Waals surface area contributed by atoms with Crippen molar-refractivity contribution in [3.05, 3.63) is 11.6 Å². The van der Waals surface area contributed by atoms with Crippen molar-refractivity contribution >= 4 is 27.1 Å². The third kappa shape index (κ3) is 1.06. The van der Waals surface area contributed by atoms with Crippen molar-refractivity contribution in [3.8, 4) is 0 Å². The second kappa shape index (κ2) is 2.31. The van der Waals surface area contributed by atoms with Gasteiger partial charge in [0.25, 0.3) is 0 Å². The Morgan fingerprint density at radius 2 is 2.33 bits per heavy atom. The Bertz CT molecular complexity index is 74.8. The van der Waals surface area contributed by atoms with Crippen LogP contribution in [0.3, 0.4) is 0 Å². The highest BCUT2D eigenvalue weighted by atomic mass is 33.1. The molecule has 0 atom stereocenters. The van der Waals surface area contributed by atoms with E-state index in [1.54, 1.807) is 27.8 Å². The quantitative estimate of drug-likeness (QED) is 0.449. The molecule has 1 heterocycles. The normalized spacial score (nSPS) is 18.7. The van der Waals surface area contributed by atoms with Gasteiger partial charge in [-0.3, -0.25) is 4.99 Å². The molecule has 0 aromatic heterocycles. The van der Waals surface area contributed by atoms with Crippen LogP contribution >= 0.6 is 21.6 Å². The fourth-order valence-electron chi connectivity index (χ4n) is 0.177. The van der Waals surface area contributed by atoms with Crippen molar-refractivity contribution in [3.63, 3.8) is 0 Å². The van der Waals surface area contributed by atoms with E-state index in [1.165, 1.54) is 0 Å². The summed E-state index contributed by atoms with van der Waals surface area (Å²) in [6.07, 6.45) is 1.78. The Balaban J connectivity index is 2.46. The molecule has 0 bridgehead atoms. The monoisotopic (exact) mass is 117 g/mol. The van der Waals surface area contributed by atoms with E-state index in [0.29, 0.717) is 0 Å². The molecule has 0 aliphatic carbocycles. The van der Waals surface area contributed by atoms with Gasteiger partial charge in [-0.15, -0.1) is 0 Å². The maximum absolute atomic E-state index is 3.81. The first kappa shape index (κ1) is 4.27. The van der Waals surface area contributed by atoms with Crippen molar-refractivity contribution in [1.82, 2.24) is 0 Å². The Hall–Kier alpha value is 0.110. The van der Waals surface area contributed by atoms with Crippen LogP contribution in [0.4, 0.5) is 0 Å². The molecule has 0 saturated carbocycles. The van der Waals surface area contributed by atoms with Crippen molar-refractivity contribution in [2.24, 2.45) is 4.99 Å². The van der Waals surface area contributed by atoms with Gasteiger partial charge in [0.2, 0.25) is 0 Å². The van der Waals surface area contributed by atoms with Crippen LogP contribution in [-0.4, -0.2) is 5.55 Å².